The van der Waals surface area contributed by atoms with Gasteiger partial charge in [-0.3, -0.25) is 4.72 Å². The van der Waals surface area contributed by atoms with Crippen molar-refractivity contribution >= 4 is 33.0 Å². The first-order chi connectivity index (χ1) is 17.4. The van der Waals surface area contributed by atoms with E-state index in [4.69, 9.17) is 9.84 Å². The van der Waals surface area contributed by atoms with E-state index in [1.807, 2.05) is 12.1 Å². The smallest absolute Gasteiger partial charge is 0.338 e. The molecule has 1 aromatic heterocycles. The van der Waals surface area contributed by atoms with E-state index in [9.17, 15) is 17.6 Å². The van der Waals surface area contributed by atoms with E-state index in [0.29, 0.717) is 16.3 Å². The van der Waals surface area contributed by atoms with E-state index in [2.05, 4.69) is 42.6 Å². The summed E-state index contributed by atoms with van der Waals surface area (Å²) in [5.41, 5.74) is 1.61. The number of carboxylic acids is 1. The Morgan fingerprint density at radius 2 is 1.78 bits per heavy atom. The van der Waals surface area contributed by atoms with Gasteiger partial charge in [-0.15, -0.1) is 11.3 Å². The van der Waals surface area contributed by atoms with Crippen LogP contribution in [0.25, 0.3) is 10.6 Å². The molecule has 7 nitrogen and oxygen atoms in total. The van der Waals surface area contributed by atoms with Crippen LogP contribution >= 0.6 is 11.3 Å². The Kier molecular flexibility index (Phi) is 7.62. The summed E-state index contributed by atoms with van der Waals surface area (Å²) < 4.78 is 47.4. The molecule has 198 valence electrons. The van der Waals surface area contributed by atoms with Gasteiger partial charge in [0.15, 0.2) is 5.03 Å². The molecule has 2 N–H and O–H groups in total. The zero-order chi connectivity index (χ0) is 27.0. The van der Waals surface area contributed by atoms with Crippen molar-refractivity contribution < 1.29 is 27.4 Å². The van der Waals surface area contributed by atoms with Crippen molar-refractivity contribution in [2.75, 3.05) is 11.8 Å². The zero-order valence-corrected chi connectivity index (χ0v) is 22.9. The molecule has 0 unspecified atom stereocenters. The highest BCUT2D eigenvalue weighted by Gasteiger charge is 2.30. The van der Waals surface area contributed by atoms with Crippen LogP contribution in [-0.4, -0.2) is 31.6 Å². The van der Waals surface area contributed by atoms with Crippen molar-refractivity contribution in [3.63, 3.8) is 0 Å². The molecule has 2 aromatic carbocycles. The first-order valence-corrected chi connectivity index (χ1v) is 14.4. The SMILES string of the molecule is COc1cc(C(=O)O)c(F)cc1NS(=O)(=O)c1csc(-c2ccc(C3CCC(C(C)(C)C)CC3)cc2)n1. The van der Waals surface area contributed by atoms with E-state index in [1.165, 1.54) is 55.1 Å². The van der Waals surface area contributed by atoms with Crippen LogP contribution in [0, 0.1) is 17.2 Å². The number of ether oxygens (including phenoxy) is 1. The van der Waals surface area contributed by atoms with Gasteiger partial charge in [-0.05, 0) is 54.6 Å². The summed E-state index contributed by atoms with van der Waals surface area (Å²) in [6.07, 6.45) is 4.79. The lowest BCUT2D eigenvalue weighted by Gasteiger charge is -2.37. The van der Waals surface area contributed by atoms with Gasteiger partial charge in [0.25, 0.3) is 10.0 Å². The Labute approximate surface area is 220 Å². The van der Waals surface area contributed by atoms with Gasteiger partial charge in [0.2, 0.25) is 0 Å². The van der Waals surface area contributed by atoms with Crippen molar-refractivity contribution in [1.82, 2.24) is 4.98 Å². The minimum absolute atomic E-state index is 0.120. The molecular formula is C27H31FN2O5S2. The molecule has 1 aliphatic rings. The fourth-order valence-corrected chi connectivity index (χ4v) is 7.03. The molecule has 0 spiro atoms. The summed E-state index contributed by atoms with van der Waals surface area (Å²) >= 11 is 1.19. The van der Waals surface area contributed by atoms with Crippen molar-refractivity contribution in [2.45, 2.75) is 57.4 Å². The second kappa shape index (κ2) is 10.4. The monoisotopic (exact) mass is 546 g/mol. The van der Waals surface area contributed by atoms with Gasteiger partial charge in [-0.1, -0.05) is 45.0 Å². The lowest BCUT2D eigenvalue weighted by Crippen LogP contribution is -2.25. The summed E-state index contributed by atoms with van der Waals surface area (Å²) in [6.45, 7) is 6.94. The zero-order valence-electron chi connectivity index (χ0n) is 21.2. The third-order valence-electron chi connectivity index (χ3n) is 7.10. The summed E-state index contributed by atoms with van der Waals surface area (Å²) in [5.74, 6) is -1.41. The summed E-state index contributed by atoms with van der Waals surface area (Å²) in [5, 5.41) is 10.8. The fraction of sp³-hybridized carbons (Fsp3) is 0.407. The van der Waals surface area contributed by atoms with Gasteiger partial charge in [-0.2, -0.15) is 8.42 Å². The standard InChI is InChI=1S/C27H31FN2O5S2/c1-27(2,3)19-11-9-17(10-12-19)16-5-7-18(8-6-16)25-29-24(15-36-25)37(33,34)30-22-14-21(28)20(26(31)32)13-23(22)35-4/h5-8,13-15,17,19,30H,9-12H2,1-4H3,(H,31,32). The number of thiazole rings is 1. The minimum atomic E-state index is -4.17. The highest BCUT2D eigenvalue weighted by molar-refractivity contribution is 7.92. The molecule has 4 rings (SSSR count). The Morgan fingerprint density at radius 1 is 1.14 bits per heavy atom. The number of nitrogens with one attached hydrogen (secondary N) is 1. The molecule has 10 heteroatoms. The molecular weight excluding hydrogens is 515 g/mol. The molecule has 1 fully saturated rings. The van der Waals surface area contributed by atoms with Gasteiger partial charge in [0.1, 0.15) is 16.6 Å². The topological polar surface area (TPSA) is 106 Å². The lowest BCUT2D eigenvalue weighted by molar-refractivity contribution is 0.0691. The average molecular weight is 547 g/mol. The number of benzene rings is 2. The first-order valence-electron chi connectivity index (χ1n) is 12.1. The van der Waals surface area contributed by atoms with E-state index < -0.39 is 27.4 Å². The van der Waals surface area contributed by atoms with E-state index in [1.54, 1.807) is 0 Å². The summed E-state index contributed by atoms with van der Waals surface area (Å²) in [4.78, 5) is 15.5. The Balaban J connectivity index is 1.49. The number of hydrogen-bond acceptors (Lipinski definition) is 6. The maximum atomic E-state index is 14.2. The van der Waals surface area contributed by atoms with Crippen LogP contribution in [-0.2, 0) is 10.0 Å². The molecule has 0 bridgehead atoms. The molecule has 0 amide bonds. The van der Waals surface area contributed by atoms with Gasteiger partial charge in [0.05, 0.1) is 18.4 Å². The molecule has 37 heavy (non-hydrogen) atoms. The molecule has 1 aliphatic carbocycles. The predicted octanol–water partition coefficient (Wildman–Crippen LogP) is 6.78. The molecule has 0 saturated heterocycles. The summed E-state index contributed by atoms with van der Waals surface area (Å²) in [7, 11) is -2.94. The quantitative estimate of drug-likeness (QED) is 0.339. The Morgan fingerprint density at radius 3 is 2.35 bits per heavy atom. The number of sulfonamides is 1. The number of aromatic carboxylic acids is 1. The van der Waals surface area contributed by atoms with Crippen molar-refractivity contribution in [2.24, 2.45) is 11.3 Å². The maximum absolute atomic E-state index is 14.2. The number of rotatable bonds is 7. The van der Waals surface area contributed by atoms with Crippen LogP contribution in [0.1, 0.15) is 68.3 Å². The number of nitrogens with zero attached hydrogens (tertiary/aromatic N) is 1. The van der Waals surface area contributed by atoms with Crippen molar-refractivity contribution in [1.29, 1.82) is 0 Å². The highest BCUT2D eigenvalue weighted by atomic mass is 32.2. The number of aromatic nitrogens is 1. The Bertz CT molecular complexity index is 1390. The fourth-order valence-electron chi connectivity index (χ4n) is 4.87. The number of methoxy groups -OCH3 is 1. The van der Waals surface area contributed by atoms with Gasteiger partial charge in [0, 0.05) is 17.0 Å². The van der Waals surface area contributed by atoms with Crippen LogP contribution in [0.5, 0.6) is 5.75 Å². The third kappa shape index (κ3) is 5.96. The van der Waals surface area contributed by atoms with Crippen LogP contribution < -0.4 is 9.46 Å². The molecule has 0 atom stereocenters. The normalized spacial score (nSPS) is 18.4. The number of anilines is 1. The predicted molar refractivity (Wildman–Crippen MR) is 142 cm³/mol. The van der Waals surface area contributed by atoms with Crippen molar-refractivity contribution in [3.05, 3.63) is 58.7 Å². The molecule has 3 aromatic rings. The second-order valence-electron chi connectivity index (χ2n) is 10.5. The lowest BCUT2D eigenvalue weighted by atomic mass is 9.69. The largest absolute Gasteiger partial charge is 0.495 e. The number of halogens is 1. The van der Waals surface area contributed by atoms with Crippen molar-refractivity contribution in [3.8, 4) is 16.3 Å². The second-order valence-corrected chi connectivity index (χ2v) is 13.0. The molecule has 1 heterocycles. The van der Waals surface area contributed by atoms with E-state index in [-0.39, 0.29) is 16.5 Å². The first kappa shape index (κ1) is 27.1. The minimum Gasteiger partial charge on any atom is -0.495 e. The number of carbonyl (C=O) groups is 1. The van der Waals surface area contributed by atoms with Crippen LogP contribution in [0.2, 0.25) is 0 Å². The van der Waals surface area contributed by atoms with Crippen LogP contribution in [0.3, 0.4) is 0 Å². The Hall–Kier alpha value is -2.98. The maximum Gasteiger partial charge on any atom is 0.338 e. The van der Waals surface area contributed by atoms with E-state index in [0.717, 1.165) is 23.6 Å². The van der Waals surface area contributed by atoms with Gasteiger partial charge in [-0.25, -0.2) is 14.2 Å². The number of carboxylic acid groups (broad SMARTS) is 1. The number of hydrogen-bond donors (Lipinski definition) is 2. The third-order valence-corrected chi connectivity index (χ3v) is 9.39. The van der Waals surface area contributed by atoms with Crippen LogP contribution in [0.15, 0.2) is 46.8 Å². The van der Waals surface area contributed by atoms with E-state index >= 15 is 0 Å². The van der Waals surface area contributed by atoms with Gasteiger partial charge < -0.3 is 9.84 Å². The molecule has 0 radical (unpaired) electrons. The summed E-state index contributed by atoms with van der Waals surface area (Å²) in [6, 6.07) is 9.85. The van der Waals surface area contributed by atoms with Crippen LogP contribution in [0.4, 0.5) is 10.1 Å². The van der Waals surface area contributed by atoms with Gasteiger partial charge >= 0.3 is 5.97 Å². The molecule has 1 saturated carbocycles. The average Bonchev–Trinajstić information content (AvgIpc) is 3.35. The highest BCUT2D eigenvalue weighted by Crippen LogP contribution is 2.43. The molecule has 0 aliphatic heterocycles.